The smallest absolute Gasteiger partial charge is 0.314 e. The average Bonchev–Trinajstić information content (AvgIpc) is 2.49. The van der Waals surface area contributed by atoms with Gasteiger partial charge in [-0.2, -0.15) is 0 Å². The van der Waals surface area contributed by atoms with Crippen LogP contribution in [0.2, 0.25) is 19.6 Å². The molecule has 0 aliphatic heterocycles. The van der Waals surface area contributed by atoms with Gasteiger partial charge in [-0.05, 0) is 58.3 Å². The number of nitrogens with zero attached hydrogens (tertiary/aromatic N) is 1. The summed E-state index contributed by atoms with van der Waals surface area (Å²) in [4.78, 5) is 16.1. The third kappa shape index (κ3) is 7.44. The van der Waals surface area contributed by atoms with Crippen LogP contribution in [0.5, 0.6) is 5.75 Å². The molecule has 0 aliphatic carbocycles. The van der Waals surface area contributed by atoms with E-state index in [0.717, 1.165) is 10.0 Å². The van der Waals surface area contributed by atoms with Crippen molar-refractivity contribution in [3.05, 3.63) is 40.7 Å². The number of carbonyl (C=O) groups excluding carboxylic acids is 1. The molecule has 0 bridgehead atoms. The molecule has 0 heterocycles. The van der Waals surface area contributed by atoms with Crippen LogP contribution in [0.4, 0.5) is 0 Å². The van der Waals surface area contributed by atoms with Crippen LogP contribution >= 0.6 is 15.9 Å². The van der Waals surface area contributed by atoms with Gasteiger partial charge in [-0.25, -0.2) is 4.99 Å². The fraction of sp³-hybridized carbons (Fsp3) is 0.444. The third-order valence-corrected chi connectivity index (χ3v) is 4.41. The van der Waals surface area contributed by atoms with Crippen molar-refractivity contribution in [2.45, 2.75) is 33.5 Å². The first-order valence-corrected chi connectivity index (χ1v) is 12.1. The maximum absolute atomic E-state index is 11.8. The number of hydrogen-bond acceptors (Lipinski definition) is 5. The highest BCUT2D eigenvalue weighted by Gasteiger charge is 2.30. The molecule has 0 saturated heterocycles. The molecular formula is C18H26BrNO4Si. The van der Waals surface area contributed by atoms with Gasteiger partial charge < -0.3 is 13.9 Å². The maximum atomic E-state index is 11.8. The number of benzene rings is 1. The normalized spacial score (nSPS) is 12.1. The lowest BCUT2D eigenvalue weighted by Gasteiger charge is -2.22. The predicted molar refractivity (Wildman–Crippen MR) is 107 cm³/mol. The Bertz CT molecular complexity index is 666. The van der Waals surface area contributed by atoms with Crippen molar-refractivity contribution < 1.29 is 18.7 Å². The number of aliphatic imine (C=N–C) groups is 1. The van der Waals surface area contributed by atoms with Gasteiger partial charge in [0.25, 0.3) is 0 Å². The Hall–Kier alpha value is -1.60. The van der Waals surface area contributed by atoms with Gasteiger partial charge in [0, 0.05) is 16.3 Å². The largest absolute Gasteiger partial charge is 0.532 e. The minimum Gasteiger partial charge on any atom is -0.532 e. The van der Waals surface area contributed by atoms with Crippen LogP contribution in [0, 0.1) is 5.41 Å². The SMILES string of the molecule is C=C(N=Cc1cc(Br)ccc1OCC(C)(C)C(=O)OC)O[Si](C)(C)C. The molecule has 138 valence electrons. The Kier molecular flexibility index (Phi) is 7.43. The van der Waals surface area contributed by atoms with Crippen molar-refractivity contribution >= 4 is 36.4 Å². The highest BCUT2D eigenvalue weighted by atomic mass is 79.9. The van der Waals surface area contributed by atoms with Crippen LogP contribution in [-0.4, -0.2) is 34.2 Å². The molecule has 1 rings (SSSR count). The van der Waals surface area contributed by atoms with E-state index >= 15 is 0 Å². The van der Waals surface area contributed by atoms with Gasteiger partial charge in [0.1, 0.15) is 12.4 Å². The lowest BCUT2D eigenvalue weighted by atomic mass is 9.95. The summed E-state index contributed by atoms with van der Waals surface area (Å²) in [6.07, 6.45) is 1.65. The molecule has 1 aromatic rings. The zero-order valence-electron chi connectivity index (χ0n) is 15.7. The monoisotopic (exact) mass is 427 g/mol. The van der Waals surface area contributed by atoms with Gasteiger partial charge in [-0.3, -0.25) is 4.79 Å². The number of halogens is 1. The minimum atomic E-state index is -1.75. The summed E-state index contributed by atoms with van der Waals surface area (Å²) in [6, 6.07) is 5.57. The van der Waals surface area contributed by atoms with Crippen LogP contribution in [-0.2, 0) is 14.0 Å². The first-order chi connectivity index (χ1) is 11.4. The van der Waals surface area contributed by atoms with Crippen molar-refractivity contribution in [1.29, 1.82) is 0 Å². The molecule has 0 atom stereocenters. The van der Waals surface area contributed by atoms with Gasteiger partial charge in [0.2, 0.25) is 8.32 Å². The van der Waals surface area contributed by atoms with E-state index in [1.807, 2.05) is 18.2 Å². The zero-order valence-corrected chi connectivity index (χ0v) is 18.3. The van der Waals surface area contributed by atoms with Crippen LogP contribution < -0.4 is 4.74 Å². The van der Waals surface area contributed by atoms with Gasteiger partial charge in [0.05, 0.1) is 12.5 Å². The van der Waals surface area contributed by atoms with Crippen molar-refractivity contribution in [3.63, 3.8) is 0 Å². The van der Waals surface area contributed by atoms with Crippen molar-refractivity contribution in [2.75, 3.05) is 13.7 Å². The lowest BCUT2D eigenvalue weighted by molar-refractivity contribution is -0.152. The number of hydrogen-bond donors (Lipinski definition) is 0. The average molecular weight is 428 g/mol. The number of rotatable bonds is 8. The summed E-state index contributed by atoms with van der Waals surface area (Å²) in [5, 5.41) is 0. The van der Waals surface area contributed by atoms with E-state index in [0.29, 0.717) is 11.6 Å². The fourth-order valence-corrected chi connectivity index (χ4v) is 3.00. The molecule has 0 spiro atoms. The number of esters is 1. The van der Waals surface area contributed by atoms with E-state index in [2.05, 4.69) is 47.1 Å². The van der Waals surface area contributed by atoms with Crippen LogP contribution in [0.25, 0.3) is 0 Å². The molecule has 5 nitrogen and oxygen atoms in total. The van der Waals surface area contributed by atoms with Crippen LogP contribution in [0.15, 0.2) is 40.1 Å². The van der Waals surface area contributed by atoms with E-state index < -0.39 is 13.7 Å². The predicted octanol–water partition coefficient (Wildman–Crippen LogP) is 4.77. The number of carbonyl (C=O) groups is 1. The first kappa shape index (κ1) is 21.4. The molecule has 0 aliphatic rings. The number of ether oxygens (including phenoxy) is 2. The standard InChI is InChI=1S/C18H26BrNO4Si/c1-13(24-25(5,6)7)20-11-14-10-15(19)8-9-16(14)23-12-18(2,3)17(21)22-4/h8-11H,1,12H2,2-7H3. The van der Waals surface area contributed by atoms with Gasteiger partial charge in [-0.1, -0.05) is 15.9 Å². The molecule has 0 saturated carbocycles. The summed E-state index contributed by atoms with van der Waals surface area (Å²) in [7, 11) is -0.378. The maximum Gasteiger partial charge on any atom is 0.314 e. The van der Waals surface area contributed by atoms with Crippen LogP contribution in [0.3, 0.4) is 0 Å². The summed E-state index contributed by atoms with van der Waals surface area (Å²) >= 11 is 3.44. The van der Waals surface area contributed by atoms with Crippen molar-refractivity contribution in [3.8, 4) is 5.75 Å². The Morgan fingerprint density at radius 3 is 2.56 bits per heavy atom. The van der Waals surface area contributed by atoms with Crippen LogP contribution in [0.1, 0.15) is 19.4 Å². The summed E-state index contributed by atoms with van der Waals surface area (Å²) in [5.41, 5.74) is 0.0104. The quantitative estimate of drug-likeness (QED) is 0.259. The van der Waals surface area contributed by atoms with E-state index in [1.165, 1.54) is 7.11 Å². The topological polar surface area (TPSA) is 57.1 Å². The molecule has 0 fully saturated rings. The van der Waals surface area contributed by atoms with E-state index in [9.17, 15) is 4.79 Å². The Labute approximate surface area is 159 Å². The Morgan fingerprint density at radius 1 is 1.36 bits per heavy atom. The molecule has 0 N–H and O–H groups in total. The Balaban J connectivity index is 2.93. The molecule has 0 unspecified atom stereocenters. The summed E-state index contributed by atoms with van der Waals surface area (Å²) in [5.74, 6) is 0.668. The van der Waals surface area contributed by atoms with E-state index in [-0.39, 0.29) is 12.6 Å². The highest BCUT2D eigenvalue weighted by molar-refractivity contribution is 9.10. The molecule has 0 radical (unpaired) electrons. The summed E-state index contributed by atoms with van der Waals surface area (Å²) < 4.78 is 17.3. The zero-order chi connectivity index (χ0) is 19.3. The van der Waals surface area contributed by atoms with Gasteiger partial charge >= 0.3 is 5.97 Å². The fourth-order valence-electron chi connectivity index (χ4n) is 1.87. The minimum absolute atomic E-state index is 0.189. The highest BCUT2D eigenvalue weighted by Crippen LogP contribution is 2.25. The van der Waals surface area contributed by atoms with Crippen molar-refractivity contribution in [2.24, 2.45) is 10.4 Å². The number of methoxy groups -OCH3 is 1. The molecule has 7 heteroatoms. The molecule has 0 amide bonds. The molecular weight excluding hydrogens is 402 g/mol. The second-order valence-corrected chi connectivity index (χ2v) is 12.6. The second-order valence-electron chi connectivity index (χ2n) is 7.21. The molecule has 25 heavy (non-hydrogen) atoms. The van der Waals surface area contributed by atoms with E-state index in [1.54, 1.807) is 20.1 Å². The first-order valence-electron chi connectivity index (χ1n) is 7.87. The Morgan fingerprint density at radius 2 is 2.00 bits per heavy atom. The van der Waals surface area contributed by atoms with Gasteiger partial charge in [-0.15, -0.1) is 0 Å². The summed E-state index contributed by atoms with van der Waals surface area (Å²) in [6.45, 7) is 13.8. The third-order valence-electron chi connectivity index (χ3n) is 3.07. The molecule has 0 aromatic heterocycles. The second kappa shape index (κ2) is 8.67. The van der Waals surface area contributed by atoms with Crippen molar-refractivity contribution in [1.82, 2.24) is 0 Å². The molecule has 1 aromatic carbocycles. The van der Waals surface area contributed by atoms with E-state index in [4.69, 9.17) is 13.9 Å². The van der Waals surface area contributed by atoms with Gasteiger partial charge in [0.15, 0.2) is 5.88 Å². The lowest BCUT2D eigenvalue weighted by Crippen LogP contribution is -2.32.